The molecular formula is C18H21N5O4. The summed E-state index contributed by atoms with van der Waals surface area (Å²) >= 11 is 0. The quantitative estimate of drug-likeness (QED) is 0.637. The van der Waals surface area contributed by atoms with E-state index < -0.39 is 0 Å². The van der Waals surface area contributed by atoms with Crippen LogP contribution in [0.1, 0.15) is 5.56 Å². The van der Waals surface area contributed by atoms with Gasteiger partial charge in [-0.2, -0.15) is 5.10 Å². The van der Waals surface area contributed by atoms with Gasteiger partial charge in [0.25, 0.3) is 5.56 Å². The summed E-state index contributed by atoms with van der Waals surface area (Å²) in [6.07, 6.45) is 2.82. The molecule has 0 aliphatic rings. The molecule has 1 aromatic carbocycles. The van der Waals surface area contributed by atoms with Gasteiger partial charge in [-0.3, -0.25) is 18.8 Å². The number of likely N-dealkylation sites (N-methyl/N-ethyl adjacent to an activating group) is 1. The van der Waals surface area contributed by atoms with E-state index in [9.17, 15) is 9.59 Å². The van der Waals surface area contributed by atoms with E-state index in [1.807, 2.05) is 12.1 Å². The SMILES string of the molecule is COc1cccc(CN(C)C(=O)Cn2cnc3c(cnn3C)c2=O)c1OC. The maximum absolute atomic E-state index is 12.6. The monoisotopic (exact) mass is 371 g/mol. The Hall–Kier alpha value is -3.36. The van der Waals surface area contributed by atoms with Crippen LogP contribution in [0, 0.1) is 0 Å². The van der Waals surface area contributed by atoms with Gasteiger partial charge in [0.05, 0.1) is 20.4 Å². The average molecular weight is 371 g/mol. The standard InChI is InChI=1S/C18H21N5O4/c1-21(9-12-6-5-7-14(26-3)16(12)27-4)15(24)10-23-11-19-17-13(18(23)25)8-20-22(17)2/h5-8,11H,9-10H2,1-4H3. The van der Waals surface area contributed by atoms with Crippen molar-refractivity contribution in [3.63, 3.8) is 0 Å². The topological polar surface area (TPSA) is 91.5 Å². The van der Waals surface area contributed by atoms with Crippen molar-refractivity contribution < 1.29 is 14.3 Å². The molecule has 2 heterocycles. The number of hydrogen-bond donors (Lipinski definition) is 0. The van der Waals surface area contributed by atoms with E-state index in [1.165, 1.54) is 26.7 Å². The van der Waals surface area contributed by atoms with Crippen LogP contribution in [0.25, 0.3) is 11.0 Å². The van der Waals surface area contributed by atoms with E-state index in [-0.39, 0.29) is 18.0 Å². The fourth-order valence-electron chi connectivity index (χ4n) is 2.87. The summed E-state index contributed by atoms with van der Waals surface area (Å²) in [5.74, 6) is 0.945. The van der Waals surface area contributed by atoms with Crippen LogP contribution in [0.4, 0.5) is 0 Å². The normalized spacial score (nSPS) is 10.8. The molecule has 0 aliphatic heterocycles. The lowest BCUT2D eigenvalue weighted by Crippen LogP contribution is -2.33. The third-order valence-electron chi connectivity index (χ3n) is 4.34. The van der Waals surface area contributed by atoms with Gasteiger partial charge >= 0.3 is 0 Å². The Morgan fingerprint density at radius 1 is 1.26 bits per heavy atom. The highest BCUT2D eigenvalue weighted by molar-refractivity contribution is 5.77. The summed E-state index contributed by atoms with van der Waals surface area (Å²) in [5, 5.41) is 4.40. The molecule has 0 spiro atoms. The first-order chi connectivity index (χ1) is 13.0. The molecule has 3 rings (SSSR count). The first-order valence-electron chi connectivity index (χ1n) is 8.27. The molecule has 1 amide bonds. The Labute approximate surface area is 155 Å². The highest BCUT2D eigenvalue weighted by Crippen LogP contribution is 2.31. The first kappa shape index (κ1) is 18.4. The van der Waals surface area contributed by atoms with E-state index >= 15 is 0 Å². The second-order valence-corrected chi connectivity index (χ2v) is 6.09. The fourth-order valence-corrected chi connectivity index (χ4v) is 2.87. The molecule has 0 saturated carbocycles. The number of nitrogens with zero attached hydrogens (tertiary/aromatic N) is 5. The Bertz CT molecular complexity index is 1040. The fraction of sp³-hybridized carbons (Fsp3) is 0.333. The number of hydrogen-bond acceptors (Lipinski definition) is 6. The van der Waals surface area contributed by atoms with Crippen molar-refractivity contribution in [1.29, 1.82) is 0 Å². The number of fused-ring (bicyclic) bond motifs is 1. The predicted octanol–water partition coefficient (Wildman–Crippen LogP) is 0.806. The number of aromatic nitrogens is 4. The zero-order valence-electron chi connectivity index (χ0n) is 15.7. The third kappa shape index (κ3) is 3.48. The number of carbonyl (C=O) groups excluding carboxylic acids is 1. The van der Waals surface area contributed by atoms with Gasteiger partial charge in [0.15, 0.2) is 17.1 Å². The smallest absolute Gasteiger partial charge is 0.264 e. The minimum atomic E-state index is -0.297. The number of aryl methyl sites for hydroxylation is 1. The Balaban J connectivity index is 1.79. The molecule has 0 aliphatic carbocycles. The Morgan fingerprint density at radius 2 is 2.04 bits per heavy atom. The number of benzene rings is 1. The lowest BCUT2D eigenvalue weighted by Gasteiger charge is -2.20. The number of rotatable bonds is 6. The Morgan fingerprint density at radius 3 is 2.74 bits per heavy atom. The van der Waals surface area contributed by atoms with Crippen LogP contribution >= 0.6 is 0 Å². The van der Waals surface area contributed by atoms with Crippen LogP contribution in [-0.4, -0.2) is 51.4 Å². The van der Waals surface area contributed by atoms with E-state index in [0.29, 0.717) is 29.1 Å². The molecule has 0 atom stereocenters. The molecule has 0 saturated heterocycles. The third-order valence-corrected chi connectivity index (χ3v) is 4.34. The molecule has 27 heavy (non-hydrogen) atoms. The first-order valence-corrected chi connectivity index (χ1v) is 8.27. The van der Waals surface area contributed by atoms with Gasteiger partial charge in [-0.25, -0.2) is 4.98 Å². The van der Waals surface area contributed by atoms with Gasteiger partial charge in [0.2, 0.25) is 5.91 Å². The zero-order valence-corrected chi connectivity index (χ0v) is 15.7. The Kier molecular flexibility index (Phi) is 5.11. The second kappa shape index (κ2) is 7.48. The molecule has 0 radical (unpaired) electrons. The van der Waals surface area contributed by atoms with E-state index in [4.69, 9.17) is 9.47 Å². The number of methoxy groups -OCH3 is 2. The zero-order chi connectivity index (χ0) is 19.6. The van der Waals surface area contributed by atoms with Crippen molar-refractivity contribution in [3.8, 4) is 11.5 Å². The molecule has 9 nitrogen and oxygen atoms in total. The molecule has 3 aromatic rings. The van der Waals surface area contributed by atoms with Crippen LogP contribution in [0.5, 0.6) is 11.5 Å². The van der Waals surface area contributed by atoms with Crippen molar-refractivity contribution in [1.82, 2.24) is 24.2 Å². The maximum Gasteiger partial charge on any atom is 0.264 e. The van der Waals surface area contributed by atoms with Crippen molar-refractivity contribution in [2.45, 2.75) is 13.1 Å². The molecule has 142 valence electrons. The number of para-hydroxylation sites is 1. The van der Waals surface area contributed by atoms with Crippen LogP contribution in [0.3, 0.4) is 0 Å². The lowest BCUT2D eigenvalue weighted by atomic mass is 10.1. The predicted molar refractivity (Wildman–Crippen MR) is 98.8 cm³/mol. The van der Waals surface area contributed by atoms with Gasteiger partial charge in [0, 0.05) is 26.2 Å². The average Bonchev–Trinajstić information content (AvgIpc) is 3.05. The lowest BCUT2D eigenvalue weighted by molar-refractivity contribution is -0.131. The van der Waals surface area contributed by atoms with Crippen LogP contribution < -0.4 is 15.0 Å². The minimum absolute atomic E-state index is 0.112. The van der Waals surface area contributed by atoms with Crippen molar-refractivity contribution in [3.05, 3.63) is 46.6 Å². The highest BCUT2D eigenvalue weighted by Gasteiger charge is 2.17. The summed E-state index contributed by atoms with van der Waals surface area (Å²) in [5.41, 5.74) is 0.993. The number of carbonyl (C=O) groups is 1. The highest BCUT2D eigenvalue weighted by atomic mass is 16.5. The van der Waals surface area contributed by atoms with Crippen LogP contribution in [0.15, 0.2) is 35.5 Å². The molecule has 2 aromatic heterocycles. The van der Waals surface area contributed by atoms with E-state index in [2.05, 4.69) is 10.1 Å². The molecular weight excluding hydrogens is 350 g/mol. The van der Waals surface area contributed by atoms with Gasteiger partial charge < -0.3 is 14.4 Å². The van der Waals surface area contributed by atoms with Gasteiger partial charge in [-0.05, 0) is 6.07 Å². The molecule has 0 unspecified atom stereocenters. The van der Waals surface area contributed by atoms with Crippen LogP contribution in [0.2, 0.25) is 0 Å². The summed E-state index contributed by atoms with van der Waals surface area (Å²) in [6.45, 7) is 0.204. The molecule has 9 heteroatoms. The molecule has 0 bridgehead atoms. The second-order valence-electron chi connectivity index (χ2n) is 6.09. The molecule has 0 fully saturated rings. The molecule has 0 N–H and O–H groups in total. The van der Waals surface area contributed by atoms with Gasteiger partial charge in [0.1, 0.15) is 18.3 Å². The summed E-state index contributed by atoms with van der Waals surface area (Å²) in [6, 6.07) is 5.48. The maximum atomic E-state index is 12.6. The largest absolute Gasteiger partial charge is 0.493 e. The van der Waals surface area contributed by atoms with E-state index in [1.54, 1.807) is 34.4 Å². The summed E-state index contributed by atoms with van der Waals surface area (Å²) < 4.78 is 13.5. The van der Waals surface area contributed by atoms with Crippen molar-refractivity contribution in [2.24, 2.45) is 7.05 Å². The number of amides is 1. The minimum Gasteiger partial charge on any atom is -0.493 e. The van der Waals surface area contributed by atoms with Crippen molar-refractivity contribution in [2.75, 3.05) is 21.3 Å². The van der Waals surface area contributed by atoms with E-state index in [0.717, 1.165) is 5.56 Å². The van der Waals surface area contributed by atoms with Crippen molar-refractivity contribution >= 4 is 16.9 Å². The summed E-state index contributed by atoms with van der Waals surface area (Å²) in [7, 11) is 6.49. The van der Waals surface area contributed by atoms with Crippen LogP contribution in [-0.2, 0) is 24.9 Å². The summed E-state index contributed by atoms with van der Waals surface area (Å²) in [4.78, 5) is 30.8. The van der Waals surface area contributed by atoms with Gasteiger partial charge in [-0.15, -0.1) is 0 Å². The van der Waals surface area contributed by atoms with Gasteiger partial charge in [-0.1, -0.05) is 12.1 Å². The number of ether oxygens (including phenoxy) is 2.